The van der Waals surface area contributed by atoms with E-state index in [0.717, 1.165) is 12.8 Å². The Kier molecular flexibility index (Phi) is 5.74. The fourth-order valence-corrected chi connectivity index (χ4v) is 7.59. The smallest absolute Gasteiger partial charge is 0.311 e. The number of cyclic esters (lactones) is 1. The summed E-state index contributed by atoms with van der Waals surface area (Å²) in [5.41, 5.74) is 0. The molecule has 7 nitrogen and oxygen atoms in total. The number of carbonyl (C=O) groups excluding carboxylic acids is 3. The third-order valence-corrected chi connectivity index (χ3v) is 8.52. The van der Waals surface area contributed by atoms with Crippen LogP contribution in [-0.4, -0.2) is 81.1 Å². The summed E-state index contributed by atoms with van der Waals surface area (Å²) >= 11 is 1.54. The van der Waals surface area contributed by atoms with Crippen molar-refractivity contribution >= 4 is 29.5 Å². The van der Waals surface area contributed by atoms with Crippen LogP contribution in [0.4, 0.5) is 0 Å². The van der Waals surface area contributed by atoms with Crippen molar-refractivity contribution in [1.82, 2.24) is 9.80 Å². The van der Waals surface area contributed by atoms with Gasteiger partial charge in [-0.1, -0.05) is 37.6 Å². The van der Waals surface area contributed by atoms with Crippen LogP contribution in [0.1, 0.15) is 33.1 Å². The maximum Gasteiger partial charge on any atom is 0.311 e. The van der Waals surface area contributed by atoms with Crippen LogP contribution in [0.2, 0.25) is 0 Å². The first-order valence-electron chi connectivity index (χ1n) is 10.8. The van der Waals surface area contributed by atoms with Gasteiger partial charge >= 0.3 is 5.97 Å². The number of esters is 1. The minimum absolute atomic E-state index is 0.0812. The molecule has 1 N–H and O–H groups in total. The molecule has 0 bridgehead atoms. The third-order valence-electron chi connectivity index (χ3n) is 6.73. The summed E-state index contributed by atoms with van der Waals surface area (Å²) in [7, 11) is 0. The quantitative estimate of drug-likeness (QED) is 0.520. The number of hydrogen-bond donors (Lipinski definition) is 1. The van der Waals surface area contributed by atoms with Gasteiger partial charge in [-0.15, -0.1) is 11.8 Å². The van der Waals surface area contributed by atoms with Gasteiger partial charge in [-0.2, -0.15) is 0 Å². The standard InChI is InChI=1S/C22H30N2O5S/c1-3-4-10-23-11-7-9-22-15(18(26)24(12-13-25)17(22)19(23)27)16-20(28)29-14-6-5-8-21(16,2)30-22/h5,7-9,15-17,25H,3-4,6,10-14H2,1-2H3/t15-,16-,17?,21+,22-/m0/s1. The highest BCUT2D eigenvalue weighted by molar-refractivity contribution is 8.02. The highest BCUT2D eigenvalue weighted by atomic mass is 32.2. The predicted molar refractivity (Wildman–Crippen MR) is 114 cm³/mol. The molecular formula is C22H30N2O5S. The van der Waals surface area contributed by atoms with Crippen LogP contribution >= 0.6 is 11.8 Å². The summed E-state index contributed by atoms with van der Waals surface area (Å²) in [6, 6.07) is -0.728. The molecule has 2 saturated heterocycles. The van der Waals surface area contributed by atoms with E-state index in [-0.39, 0.29) is 30.9 Å². The van der Waals surface area contributed by atoms with Crippen LogP contribution in [0.15, 0.2) is 24.3 Å². The van der Waals surface area contributed by atoms with Crippen molar-refractivity contribution in [2.24, 2.45) is 11.8 Å². The molecule has 0 radical (unpaired) electrons. The molecule has 0 saturated carbocycles. The van der Waals surface area contributed by atoms with Crippen molar-refractivity contribution in [3.8, 4) is 0 Å². The maximum absolute atomic E-state index is 13.7. The van der Waals surface area contributed by atoms with Gasteiger partial charge in [0.05, 0.1) is 29.8 Å². The minimum atomic E-state index is -0.850. The van der Waals surface area contributed by atoms with Gasteiger partial charge in [-0.25, -0.2) is 0 Å². The van der Waals surface area contributed by atoms with Crippen LogP contribution in [-0.2, 0) is 19.1 Å². The lowest BCUT2D eigenvalue weighted by Crippen LogP contribution is -2.54. The highest BCUT2D eigenvalue weighted by Gasteiger charge is 2.73. The van der Waals surface area contributed by atoms with Crippen molar-refractivity contribution in [3.63, 3.8) is 0 Å². The second kappa shape index (κ2) is 8.04. The zero-order valence-corrected chi connectivity index (χ0v) is 18.4. The number of nitrogens with zero attached hydrogens (tertiary/aromatic N) is 2. The molecular weight excluding hydrogens is 404 g/mol. The molecule has 2 fully saturated rings. The molecule has 0 aromatic heterocycles. The second-order valence-corrected chi connectivity index (χ2v) is 10.4. The number of ether oxygens (including phenoxy) is 1. The molecule has 4 aliphatic rings. The number of hydrogen-bond acceptors (Lipinski definition) is 6. The van der Waals surface area contributed by atoms with Gasteiger partial charge < -0.3 is 19.6 Å². The molecule has 4 heterocycles. The Morgan fingerprint density at radius 2 is 1.97 bits per heavy atom. The molecule has 8 heteroatoms. The van der Waals surface area contributed by atoms with Gasteiger partial charge in [-0.3, -0.25) is 14.4 Å². The summed E-state index contributed by atoms with van der Waals surface area (Å²) in [6.45, 7) is 5.32. The van der Waals surface area contributed by atoms with E-state index in [1.807, 2.05) is 31.2 Å². The average molecular weight is 435 g/mol. The Morgan fingerprint density at radius 1 is 1.17 bits per heavy atom. The summed E-state index contributed by atoms with van der Waals surface area (Å²) in [5, 5.41) is 9.63. The minimum Gasteiger partial charge on any atom is -0.465 e. The van der Waals surface area contributed by atoms with E-state index in [9.17, 15) is 19.5 Å². The number of likely N-dealkylation sites (tertiary alicyclic amines) is 1. The third kappa shape index (κ3) is 3.11. The summed E-state index contributed by atoms with van der Waals surface area (Å²) < 4.78 is 4.00. The van der Waals surface area contributed by atoms with Gasteiger partial charge in [0.2, 0.25) is 11.8 Å². The van der Waals surface area contributed by atoms with E-state index < -0.39 is 27.4 Å². The topological polar surface area (TPSA) is 87.2 Å². The van der Waals surface area contributed by atoms with Crippen LogP contribution in [0.5, 0.6) is 0 Å². The van der Waals surface area contributed by atoms with E-state index in [2.05, 4.69) is 6.92 Å². The van der Waals surface area contributed by atoms with Crippen molar-refractivity contribution in [2.75, 3.05) is 32.8 Å². The van der Waals surface area contributed by atoms with E-state index in [4.69, 9.17) is 4.74 Å². The molecule has 1 spiro atoms. The van der Waals surface area contributed by atoms with E-state index in [0.29, 0.717) is 26.1 Å². The normalized spacial score (nSPS) is 38.0. The van der Waals surface area contributed by atoms with Gasteiger partial charge in [-0.05, 0) is 19.8 Å². The fourth-order valence-electron chi connectivity index (χ4n) is 5.43. The number of rotatable bonds is 5. The van der Waals surface area contributed by atoms with Crippen molar-refractivity contribution in [3.05, 3.63) is 24.3 Å². The number of fused-ring (bicyclic) bond motifs is 2. The Morgan fingerprint density at radius 3 is 2.70 bits per heavy atom. The first-order chi connectivity index (χ1) is 14.4. The summed E-state index contributed by atoms with van der Waals surface area (Å²) in [6.07, 6.45) is 10.5. The monoisotopic (exact) mass is 434 g/mol. The van der Waals surface area contributed by atoms with Crippen LogP contribution in [0, 0.1) is 11.8 Å². The number of β-amino-alcohol motifs (C(OH)–C–C–N with tert-alkyl or cyclic N) is 1. The first kappa shape index (κ1) is 21.4. The lowest BCUT2D eigenvalue weighted by molar-refractivity contribution is -0.154. The zero-order valence-electron chi connectivity index (χ0n) is 17.6. The molecule has 0 aliphatic carbocycles. The van der Waals surface area contributed by atoms with Crippen molar-refractivity contribution in [1.29, 1.82) is 0 Å². The Hall–Kier alpha value is -1.80. The maximum atomic E-state index is 13.7. The van der Waals surface area contributed by atoms with Crippen molar-refractivity contribution in [2.45, 2.75) is 48.6 Å². The van der Waals surface area contributed by atoms with Gasteiger partial charge in [0, 0.05) is 24.4 Å². The lowest BCUT2D eigenvalue weighted by atomic mass is 9.74. The highest BCUT2D eigenvalue weighted by Crippen LogP contribution is 2.65. The largest absolute Gasteiger partial charge is 0.465 e. The first-order valence-corrected chi connectivity index (χ1v) is 11.6. The number of aliphatic hydroxyl groups is 1. The van der Waals surface area contributed by atoms with Crippen molar-refractivity contribution < 1.29 is 24.2 Å². The van der Waals surface area contributed by atoms with Gasteiger partial charge in [0.25, 0.3) is 0 Å². The van der Waals surface area contributed by atoms with Crippen LogP contribution in [0.25, 0.3) is 0 Å². The SMILES string of the molecule is CCCCN1CC=C[C@]23S[C@]4(C)C=CCCOC(=O)[C@@H]4[C@H]2C(=O)N(CCO)C3C1=O. The number of unbranched alkanes of at least 4 members (excludes halogenated alkanes) is 1. The molecule has 5 atom stereocenters. The Bertz CT molecular complexity index is 798. The van der Waals surface area contributed by atoms with E-state index in [1.54, 1.807) is 4.90 Å². The number of amides is 2. The van der Waals surface area contributed by atoms with Crippen LogP contribution in [0.3, 0.4) is 0 Å². The molecule has 164 valence electrons. The predicted octanol–water partition coefficient (Wildman–Crippen LogP) is 1.37. The van der Waals surface area contributed by atoms with E-state index in [1.165, 1.54) is 16.7 Å². The van der Waals surface area contributed by atoms with Gasteiger partial charge in [0.1, 0.15) is 6.04 Å². The average Bonchev–Trinajstić information content (AvgIpc) is 3.01. The molecule has 4 aliphatic heterocycles. The molecule has 1 unspecified atom stereocenters. The molecule has 30 heavy (non-hydrogen) atoms. The molecule has 0 aromatic rings. The van der Waals surface area contributed by atoms with Gasteiger partial charge in [0.15, 0.2) is 0 Å². The molecule has 4 rings (SSSR count). The zero-order chi connectivity index (χ0) is 21.5. The fraction of sp³-hybridized carbons (Fsp3) is 0.682. The second-order valence-electron chi connectivity index (χ2n) is 8.65. The summed E-state index contributed by atoms with van der Waals surface area (Å²) in [5.74, 6) is -2.07. The molecule has 0 aromatic carbocycles. The number of carbonyl (C=O) groups is 3. The lowest BCUT2D eigenvalue weighted by Gasteiger charge is -2.36. The van der Waals surface area contributed by atoms with E-state index >= 15 is 0 Å². The summed E-state index contributed by atoms with van der Waals surface area (Å²) in [4.78, 5) is 43.7. The number of thioether (sulfide) groups is 1. The Labute approximate surface area is 181 Å². The molecule has 2 amide bonds. The Balaban J connectivity index is 1.83. The van der Waals surface area contributed by atoms with Crippen LogP contribution < -0.4 is 0 Å². The number of aliphatic hydroxyl groups excluding tert-OH is 1.